The molecule has 2 rings (SSSR count). The molecule has 1 amide bonds. The van der Waals surface area contributed by atoms with E-state index in [0.29, 0.717) is 5.56 Å². The zero-order valence-electron chi connectivity index (χ0n) is 9.93. The summed E-state index contributed by atoms with van der Waals surface area (Å²) in [6.07, 6.45) is 8.77. The van der Waals surface area contributed by atoms with Crippen LogP contribution in [0.1, 0.15) is 42.5 Å². The van der Waals surface area contributed by atoms with Crippen LogP contribution >= 0.6 is 0 Å². The molecule has 17 heavy (non-hydrogen) atoms. The highest BCUT2D eigenvalue weighted by Crippen LogP contribution is 2.17. The number of nitrogens with two attached hydrogens (primary N) is 1. The highest BCUT2D eigenvalue weighted by Gasteiger charge is 2.22. The van der Waals surface area contributed by atoms with E-state index in [1.54, 1.807) is 24.5 Å². The van der Waals surface area contributed by atoms with Gasteiger partial charge in [-0.1, -0.05) is 19.3 Å². The number of carbonyl (C=O) groups excluding carboxylic acids is 1. The minimum atomic E-state index is -0.0465. The van der Waals surface area contributed by atoms with Gasteiger partial charge in [0, 0.05) is 30.0 Å². The lowest BCUT2D eigenvalue weighted by Crippen LogP contribution is -2.46. The van der Waals surface area contributed by atoms with Gasteiger partial charge in [-0.25, -0.2) is 0 Å². The highest BCUT2D eigenvalue weighted by molar-refractivity contribution is 5.94. The maximum atomic E-state index is 12.0. The number of pyridine rings is 1. The van der Waals surface area contributed by atoms with Crippen molar-refractivity contribution in [2.75, 3.05) is 0 Å². The number of carbonyl (C=O) groups is 1. The van der Waals surface area contributed by atoms with Crippen molar-refractivity contribution in [3.05, 3.63) is 30.1 Å². The summed E-state index contributed by atoms with van der Waals surface area (Å²) in [5, 5.41) is 3.03. The lowest BCUT2D eigenvalue weighted by Gasteiger charge is -2.22. The van der Waals surface area contributed by atoms with Crippen molar-refractivity contribution < 1.29 is 4.79 Å². The summed E-state index contributed by atoms with van der Waals surface area (Å²) in [5.41, 5.74) is 6.73. The first-order chi connectivity index (χ1) is 8.27. The number of aromatic nitrogens is 1. The Balaban J connectivity index is 1.98. The van der Waals surface area contributed by atoms with Crippen LogP contribution in [0.2, 0.25) is 0 Å². The summed E-state index contributed by atoms with van der Waals surface area (Å²) in [4.78, 5) is 15.9. The summed E-state index contributed by atoms with van der Waals surface area (Å²) in [6, 6.07) is 3.64. The summed E-state index contributed by atoms with van der Waals surface area (Å²) in [7, 11) is 0. The predicted molar refractivity (Wildman–Crippen MR) is 66.6 cm³/mol. The average molecular weight is 233 g/mol. The minimum absolute atomic E-state index is 0.0465. The summed E-state index contributed by atoms with van der Waals surface area (Å²) in [6.45, 7) is 0. The van der Waals surface area contributed by atoms with Gasteiger partial charge in [0.25, 0.3) is 5.91 Å². The Labute approximate surface area is 102 Å². The zero-order valence-corrected chi connectivity index (χ0v) is 9.93. The maximum absolute atomic E-state index is 12.0. The van der Waals surface area contributed by atoms with Gasteiger partial charge in [-0.15, -0.1) is 0 Å². The Morgan fingerprint density at radius 1 is 1.24 bits per heavy atom. The van der Waals surface area contributed by atoms with Crippen LogP contribution in [0.15, 0.2) is 24.5 Å². The molecule has 1 aromatic heterocycles. The summed E-state index contributed by atoms with van der Waals surface area (Å²) in [5.74, 6) is -0.0465. The Kier molecular flexibility index (Phi) is 4.09. The van der Waals surface area contributed by atoms with E-state index in [4.69, 9.17) is 5.73 Å². The van der Waals surface area contributed by atoms with E-state index >= 15 is 0 Å². The fourth-order valence-corrected chi connectivity index (χ4v) is 2.27. The van der Waals surface area contributed by atoms with Gasteiger partial charge in [0.15, 0.2) is 0 Å². The maximum Gasteiger partial charge on any atom is 0.251 e. The van der Waals surface area contributed by atoms with E-state index in [9.17, 15) is 4.79 Å². The second-order valence-electron chi connectivity index (χ2n) is 4.62. The van der Waals surface area contributed by atoms with E-state index in [1.807, 2.05) is 0 Å². The third-order valence-electron chi connectivity index (χ3n) is 3.33. The van der Waals surface area contributed by atoms with Crippen LogP contribution < -0.4 is 11.1 Å². The smallest absolute Gasteiger partial charge is 0.251 e. The quantitative estimate of drug-likeness (QED) is 0.760. The SMILES string of the molecule is N[C@@H]1CCCCC[C@H]1NC(=O)c1ccncc1. The van der Waals surface area contributed by atoms with Crippen LogP contribution in [-0.4, -0.2) is 23.0 Å². The van der Waals surface area contributed by atoms with Crippen LogP contribution in [0, 0.1) is 0 Å². The molecular formula is C13H19N3O. The van der Waals surface area contributed by atoms with Gasteiger partial charge in [-0.2, -0.15) is 0 Å². The van der Waals surface area contributed by atoms with E-state index in [1.165, 1.54) is 12.8 Å². The van der Waals surface area contributed by atoms with Crippen LogP contribution in [0.5, 0.6) is 0 Å². The molecule has 4 heteroatoms. The molecule has 0 unspecified atom stereocenters. The monoisotopic (exact) mass is 233 g/mol. The molecule has 3 N–H and O–H groups in total. The van der Waals surface area contributed by atoms with Crippen LogP contribution in [0.3, 0.4) is 0 Å². The molecule has 92 valence electrons. The molecule has 4 nitrogen and oxygen atoms in total. The van der Waals surface area contributed by atoms with Crippen molar-refractivity contribution in [1.29, 1.82) is 0 Å². The minimum Gasteiger partial charge on any atom is -0.348 e. The van der Waals surface area contributed by atoms with Crippen molar-refractivity contribution in [3.8, 4) is 0 Å². The molecule has 0 aliphatic heterocycles. The first-order valence-corrected chi connectivity index (χ1v) is 6.24. The van der Waals surface area contributed by atoms with Crippen LogP contribution in [0.25, 0.3) is 0 Å². The molecule has 1 heterocycles. The molecule has 1 aliphatic rings. The van der Waals surface area contributed by atoms with Crippen molar-refractivity contribution in [2.24, 2.45) is 5.73 Å². The number of nitrogens with one attached hydrogen (secondary N) is 1. The third-order valence-corrected chi connectivity index (χ3v) is 3.33. The first kappa shape index (κ1) is 12.0. The largest absolute Gasteiger partial charge is 0.348 e. The second-order valence-corrected chi connectivity index (χ2v) is 4.62. The molecule has 1 aromatic rings. The molecule has 0 saturated heterocycles. The van der Waals surface area contributed by atoms with E-state index in [0.717, 1.165) is 19.3 Å². The number of amides is 1. The lowest BCUT2D eigenvalue weighted by atomic mass is 10.0. The van der Waals surface area contributed by atoms with Crippen molar-refractivity contribution in [1.82, 2.24) is 10.3 Å². The van der Waals surface area contributed by atoms with Crippen molar-refractivity contribution in [2.45, 2.75) is 44.2 Å². The topological polar surface area (TPSA) is 68.0 Å². The molecular weight excluding hydrogens is 214 g/mol. The Morgan fingerprint density at radius 2 is 1.94 bits per heavy atom. The molecule has 1 saturated carbocycles. The molecule has 1 aliphatic carbocycles. The summed E-state index contributed by atoms with van der Waals surface area (Å²) < 4.78 is 0. The van der Waals surface area contributed by atoms with Gasteiger partial charge in [0.05, 0.1) is 0 Å². The number of nitrogens with zero attached hydrogens (tertiary/aromatic N) is 1. The van der Waals surface area contributed by atoms with Gasteiger partial charge >= 0.3 is 0 Å². The third kappa shape index (κ3) is 3.27. The summed E-state index contributed by atoms with van der Waals surface area (Å²) >= 11 is 0. The van der Waals surface area contributed by atoms with Crippen molar-refractivity contribution >= 4 is 5.91 Å². The Morgan fingerprint density at radius 3 is 2.71 bits per heavy atom. The molecule has 0 radical (unpaired) electrons. The van der Waals surface area contributed by atoms with Crippen LogP contribution in [0.4, 0.5) is 0 Å². The molecule has 2 atom stereocenters. The van der Waals surface area contributed by atoms with Gasteiger partial charge < -0.3 is 11.1 Å². The fraction of sp³-hybridized carbons (Fsp3) is 0.538. The molecule has 0 spiro atoms. The first-order valence-electron chi connectivity index (χ1n) is 6.24. The van der Waals surface area contributed by atoms with Gasteiger partial charge in [-0.3, -0.25) is 9.78 Å². The standard InChI is InChI=1S/C13H19N3O/c14-11-4-2-1-3-5-12(11)16-13(17)10-6-8-15-9-7-10/h6-9,11-12H,1-5,14H2,(H,16,17)/t11-,12-/m1/s1. The average Bonchev–Trinajstić information content (AvgIpc) is 2.56. The van der Waals surface area contributed by atoms with Gasteiger partial charge in [0.1, 0.15) is 0 Å². The van der Waals surface area contributed by atoms with Gasteiger partial charge in [-0.05, 0) is 25.0 Å². The Bertz CT molecular complexity index is 366. The number of hydrogen-bond donors (Lipinski definition) is 2. The number of hydrogen-bond acceptors (Lipinski definition) is 3. The normalized spacial score (nSPS) is 25.0. The van der Waals surface area contributed by atoms with Crippen molar-refractivity contribution in [3.63, 3.8) is 0 Å². The van der Waals surface area contributed by atoms with E-state index in [2.05, 4.69) is 10.3 Å². The molecule has 0 bridgehead atoms. The second kappa shape index (κ2) is 5.77. The van der Waals surface area contributed by atoms with Gasteiger partial charge in [0.2, 0.25) is 0 Å². The zero-order chi connectivity index (χ0) is 12.1. The van der Waals surface area contributed by atoms with E-state index < -0.39 is 0 Å². The molecule has 0 aromatic carbocycles. The Hall–Kier alpha value is -1.42. The number of rotatable bonds is 2. The predicted octanol–water partition coefficient (Wildman–Crippen LogP) is 1.47. The fourth-order valence-electron chi connectivity index (χ4n) is 2.27. The van der Waals surface area contributed by atoms with Crippen LogP contribution in [-0.2, 0) is 0 Å². The lowest BCUT2D eigenvalue weighted by molar-refractivity contribution is 0.0928. The van der Waals surface area contributed by atoms with E-state index in [-0.39, 0.29) is 18.0 Å². The highest BCUT2D eigenvalue weighted by atomic mass is 16.1. The molecule has 1 fully saturated rings.